The first-order chi connectivity index (χ1) is 16.3. The Balaban J connectivity index is 1.77. The maximum atomic E-state index is 10.7. The number of aliphatic hydroxyl groups excluding tert-OH is 6. The molecule has 0 amide bonds. The average molecular weight is 495 g/mol. The molecule has 0 radical (unpaired) electrons. The van der Waals surface area contributed by atoms with Crippen molar-refractivity contribution in [2.75, 3.05) is 13.2 Å². The van der Waals surface area contributed by atoms with E-state index in [-0.39, 0.29) is 12.5 Å². The molecule has 0 bridgehead atoms. The van der Waals surface area contributed by atoms with E-state index in [2.05, 4.69) is 6.92 Å². The van der Waals surface area contributed by atoms with Crippen molar-refractivity contribution in [3.05, 3.63) is 0 Å². The van der Waals surface area contributed by atoms with Crippen LogP contribution in [0, 0.1) is 0 Å². The van der Waals surface area contributed by atoms with Crippen LogP contribution >= 0.6 is 0 Å². The second kappa shape index (κ2) is 15.7. The van der Waals surface area contributed by atoms with E-state index in [4.69, 9.17) is 18.9 Å². The number of hydrogen-bond acceptors (Lipinski definition) is 10. The van der Waals surface area contributed by atoms with Crippen LogP contribution in [0.3, 0.4) is 0 Å². The first kappa shape index (κ1) is 29.8. The van der Waals surface area contributed by atoms with Crippen LogP contribution in [0.4, 0.5) is 0 Å². The zero-order valence-corrected chi connectivity index (χ0v) is 20.6. The van der Waals surface area contributed by atoms with E-state index in [1.54, 1.807) is 0 Å². The van der Waals surface area contributed by atoms with E-state index in [0.29, 0.717) is 0 Å². The van der Waals surface area contributed by atoms with Crippen LogP contribution in [-0.4, -0.2) is 105 Å². The standard InChI is InChI=1S/C24H46O10/c1-3-4-5-6-7-8-9-10-11-15(2)31-19-12-16(27)23(18(14-26)32-19)34-24-22(30)21(29)20(28)17(13-25)33-24/h15-30H,3-14H2,1-2H3. The van der Waals surface area contributed by atoms with Crippen molar-refractivity contribution in [2.45, 2.75) is 139 Å². The minimum Gasteiger partial charge on any atom is -0.394 e. The molecule has 2 aliphatic heterocycles. The monoisotopic (exact) mass is 494 g/mol. The fourth-order valence-electron chi connectivity index (χ4n) is 4.55. The molecule has 0 aliphatic carbocycles. The highest BCUT2D eigenvalue weighted by atomic mass is 16.7. The van der Waals surface area contributed by atoms with Crippen molar-refractivity contribution in [2.24, 2.45) is 0 Å². The van der Waals surface area contributed by atoms with Crippen LogP contribution in [0.1, 0.15) is 78.1 Å². The number of rotatable bonds is 15. The van der Waals surface area contributed by atoms with Gasteiger partial charge in [0.05, 0.1) is 25.4 Å². The molecule has 10 heteroatoms. The summed E-state index contributed by atoms with van der Waals surface area (Å²) in [6.45, 7) is 3.12. The SMILES string of the molecule is CCCCCCCCCCC(C)OC1CC(O)C(OC2OC(CO)C(O)C(O)C2O)C(CO)O1. The van der Waals surface area contributed by atoms with Gasteiger partial charge in [-0.2, -0.15) is 0 Å². The van der Waals surface area contributed by atoms with Crippen molar-refractivity contribution in [1.82, 2.24) is 0 Å². The van der Waals surface area contributed by atoms with Crippen molar-refractivity contribution in [1.29, 1.82) is 0 Å². The molecule has 202 valence electrons. The van der Waals surface area contributed by atoms with Crippen LogP contribution in [0.15, 0.2) is 0 Å². The normalized spacial score (nSPS) is 37.6. The maximum Gasteiger partial charge on any atom is 0.187 e. The molecule has 10 atom stereocenters. The molecule has 0 saturated carbocycles. The summed E-state index contributed by atoms with van der Waals surface area (Å²) in [5, 5.41) is 59.8. The van der Waals surface area contributed by atoms with Gasteiger partial charge in [-0.15, -0.1) is 0 Å². The Morgan fingerprint density at radius 1 is 0.794 bits per heavy atom. The Bertz CT molecular complexity index is 536. The molecule has 2 aliphatic rings. The Morgan fingerprint density at radius 2 is 1.41 bits per heavy atom. The lowest BCUT2D eigenvalue weighted by atomic mass is 9.98. The first-order valence-electron chi connectivity index (χ1n) is 12.9. The van der Waals surface area contributed by atoms with Crippen molar-refractivity contribution < 1.29 is 49.6 Å². The summed E-state index contributed by atoms with van der Waals surface area (Å²) < 4.78 is 22.7. The van der Waals surface area contributed by atoms with Gasteiger partial charge >= 0.3 is 0 Å². The summed E-state index contributed by atoms with van der Waals surface area (Å²) in [6, 6.07) is 0. The van der Waals surface area contributed by atoms with Gasteiger partial charge in [-0.25, -0.2) is 0 Å². The lowest BCUT2D eigenvalue weighted by Crippen LogP contribution is -2.62. The van der Waals surface area contributed by atoms with Crippen LogP contribution < -0.4 is 0 Å². The molecule has 0 aromatic heterocycles. The van der Waals surface area contributed by atoms with Gasteiger partial charge in [0.15, 0.2) is 12.6 Å². The van der Waals surface area contributed by atoms with E-state index in [1.165, 1.54) is 38.5 Å². The number of unbranched alkanes of at least 4 members (excludes halogenated alkanes) is 7. The molecule has 6 N–H and O–H groups in total. The van der Waals surface area contributed by atoms with Gasteiger partial charge in [-0.3, -0.25) is 0 Å². The number of ether oxygens (including phenoxy) is 4. The smallest absolute Gasteiger partial charge is 0.187 e. The summed E-state index contributed by atoms with van der Waals surface area (Å²) >= 11 is 0. The lowest BCUT2D eigenvalue weighted by molar-refractivity contribution is -0.346. The van der Waals surface area contributed by atoms with Crippen LogP contribution in [-0.2, 0) is 18.9 Å². The van der Waals surface area contributed by atoms with Gasteiger partial charge in [-0.1, -0.05) is 58.3 Å². The third-order valence-electron chi connectivity index (χ3n) is 6.67. The molecule has 10 nitrogen and oxygen atoms in total. The summed E-state index contributed by atoms with van der Waals surface area (Å²) in [6.07, 6.45) is -0.325. The molecule has 34 heavy (non-hydrogen) atoms. The molecular formula is C24H46O10. The Hall–Kier alpha value is -0.400. The van der Waals surface area contributed by atoms with Gasteiger partial charge in [-0.05, 0) is 13.3 Å². The van der Waals surface area contributed by atoms with Crippen LogP contribution in [0.25, 0.3) is 0 Å². The first-order valence-corrected chi connectivity index (χ1v) is 12.9. The zero-order valence-electron chi connectivity index (χ0n) is 20.6. The lowest BCUT2D eigenvalue weighted by Gasteiger charge is -2.44. The average Bonchev–Trinajstić information content (AvgIpc) is 2.82. The van der Waals surface area contributed by atoms with Crippen LogP contribution in [0.5, 0.6) is 0 Å². The Morgan fingerprint density at radius 3 is 2.03 bits per heavy atom. The molecule has 2 rings (SSSR count). The minimum atomic E-state index is -1.61. The summed E-state index contributed by atoms with van der Waals surface area (Å²) in [7, 11) is 0. The second-order valence-electron chi connectivity index (χ2n) is 9.60. The second-order valence-corrected chi connectivity index (χ2v) is 9.60. The van der Waals surface area contributed by atoms with E-state index in [1.807, 2.05) is 6.92 Å². The highest BCUT2D eigenvalue weighted by molar-refractivity contribution is 4.91. The molecule has 2 saturated heterocycles. The van der Waals surface area contributed by atoms with Gasteiger partial charge in [0, 0.05) is 6.42 Å². The summed E-state index contributed by atoms with van der Waals surface area (Å²) in [4.78, 5) is 0. The van der Waals surface area contributed by atoms with E-state index >= 15 is 0 Å². The Kier molecular flexibility index (Phi) is 13.7. The minimum absolute atomic E-state index is 0.0699. The predicted molar refractivity (Wildman–Crippen MR) is 123 cm³/mol. The molecule has 0 aromatic carbocycles. The van der Waals surface area contributed by atoms with Crippen molar-refractivity contribution in [3.8, 4) is 0 Å². The quantitative estimate of drug-likeness (QED) is 0.178. The number of hydrogen-bond donors (Lipinski definition) is 6. The van der Waals surface area contributed by atoms with Crippen molar-refractivity contribution in [3.63, 3.8) is 0 Å². The maximum absolute atomic E-state index is 10.7. The highest BCUT2D eigenvalue weighted by Gasteiger charge is 2.48. The fourth-order valence-corrected chi connectivity index (χ4v) is 4.55. The fraction of sp³-hybridized carbons (Fsp3) is 1.00. The predicted octanol–water partition coefficient (Wildman–Crippen LogP) is 0.576. The van der Waals surface area contributed by atoms with Gasteiger partial charge < -0.3 is 49.6 Å². The topological polar surface area (TPSA) is 158 Å². The summed E-state index contributed by atoms with van der Waals surface area (Å²) in [5.41, 5.74) is 0. The number of aliphatic hydroxyl groups is 6. The van der Waals surface area contributed by atoms with E-state index in [9.17, 15) is 30.6 Å². The van der Waals surface area contributed by atoms with E-state index in [0.717, 1.165) is 19.3 Å². The molecule has 0 aromatic rings. The highest BCUT2D eigenvalue weighted by Crippen LogP contribution is 2.30. The third kappa shape index (κ3) is 8.92. The van der Waals surface area contributed by atoms with E-state index < -0.39 is 68.5 Å². The van der Waals surface area contributed by atoms with Gasteiger partial charge in [0.1, 0.15) is 36.6 Å². The van der Waals surface area contributed by atoms with Crippen molar-refractivity contribution >= 4 is 0 Å². The Labute approximate surface area is 202 Å². The zero-order chi connectivity index (χ0) is 25.1. The summed E-state index contributed by atoms with van der Waals surface area (Å²) in [5.74, 6) is 0. The molecule has 0 spiro atoms. The van der Waals surface area contributed by atoms with Gasteiger partial charge in [0.2, 0.25) is 0 Å². The van der Waals surface area contributed by atoms with Crippen LogP contribution in [0.2, 0.25) is 0 Å². The molecular weight excluding hydrogens is 448 g/mol. The van der Waals surface area contributed by atoms with Gasteiger partial charge in [0.25, 0.3) is 0 Å². The molecule has 10 unspecified atom stereocenters. The largest absolute Gasteiger partial charge is 0.394 e. The third-order valence-corrected chi connectivity index (χ3v) is 6.67. The molecule has 2 fully saturated rings. The molecule has 2 heterocycles.